The summed E-state index contributed by atoms with van der Waals surface area (Å²) in [5.41, 5.74) is 2.88. The normalized spacial score (nSPS) is 14.8. The molecule has 0 aromatic heterocycles. The lowest BCUT2D eigenvalue weighted by Gasteiger charge is -2.37. The second-order valence-corrected chi connectivity index (χ2v) is 8.88. The van der Waals surface area contributed by atoms with Crippen LogP contribution in [0.15, 0.2) is 52.3 Å². The number of benzene rings is 2. The van der Waals surface area contributed by atoms with Gasteiger partial charge in [0.05, 0.1) is 11.4 Å². The maximum absolute atomic E-state index is 12.0. The van der Waals surface area contributed by atoms with E-state index in [9.17, 15) is 13.0 Å². The lowest BCUT2D eigenvalue weighted by Crippen LogP contribution is -2.38. The van der Waals surface area contributed by atoms with Crippen LogP contribution in [0.1, 0.15) is 38.7 Å². The quantitative estimate of drug-likeness (QED) is 0.696. The lowest BCUT2D eigenvalue weighted by atomic mass is 10.1. The first kappa shape index (κ1) is 18.3. The minimum atomic E-state index is -4.21. The number of rotatable bonds is 6. The molecule has 6 heteroatoms. The van der Waals surface area contributed by atoms with Crippen molar-refractivity contribution in [2.45, 2.75) is 54.7 Å². The van der Waals surface area contributed by atoms with Crippen LogP contribution in [-0.4, -0.2) is 18.3 Å². The molecule has 1 aliphatic heterocycles. The predicted molar refractivity (Wildman–Crippen MR) is 103 cm³/mol. The Balaban J connectivity index is 2.15. The van der Waals surface area contributed by atoms with Crippen molar-refractivity contribution in [1.82, 2.24) is 0 Å². The molecular formula is C19H23NO3S2. The molecule has 0 saturated heterocycles. The second-order valence-electron chi connectivity index (χ2n) is 6.22. The van der Waals surface area contributed by atoms with Gasteiger partial charge >= 0.3 is 0 Å². The van der Waals surface area contributed by atoms with Gasteiger partial charge in [-0.1, -0.05) is 50.2 Å². The van der Waals surface area contributed by atoms with Gasteiger partial charge in [-0.15, -0.1) is 0 Å². The highest BCUT2D eigenvalue weighted by Gasteiger charge is 2.35. The van der Waals surface area contributed by atoms with Gasteiger partial charge in [0.25, 0.3) is 10.1 Å². The van der Waals surface area contributed by atoms with Gasteiger partial charge in [-0.2, -0.15) is 8.42 Å². The maximum Gasteiger partial charge on any atom is 0.286 e. The van der Waals surface area contributed by atoms with E-state index in [-0.39, 0.29) is 0 Å². The molecule has 1 aliphatic rings. The average molecular weight is 378 g/mol. The molecule has 1 N–H and O–H groups in total. The summed E-state index contributed by atoms with van der Waals surface area (Å²) in [6, 6.07) is 14.0. The number of unbranched alkanes of at least 4 members (excludes halogenated alkanes) is 1. The van der Waals surface area contributed by atoms with Gasteiger partial charge in [-0.3, -0.25) is 4.55 Å². The van der Waals surface area contributed by atoms with Crippen molar-refractivity contribution in [3.63, 3.8) is 0 Å². The first-order chi connectivity index (χ1) is 12.0. The van der Waals surface area contributed by atoms with Crippen molar-refractivity contribution < 1.29 is 13.0 Å². The highest BCUT2D eigenvalue weighted by atomic mass is 32.2. The van der Waals surface area contributed by atoms with Gasteiger partial charge in [0.15, 0.2) is 5.37 Å². The Morgan fingerprint density at radius 1 is 1.08 bits per heavy atom. The van der Waals surface area contributed by atoms with Crippen LogP contribution in [0.5, 0.6) is 0 Å². The first-order valence-electron chi connectivity index (χ1n) is 8.61. The van der Waals surface area contributed by atoms with Gasteiger partial charge in [0.1, 0.15) is 0 Å². The fourth-order valence-electron chi connectivity index (χ4n) is 3.20. The third-order valence-corrected chi connectivity index (χ3v) is 6.79. The van der Waals surface area contributed by atoms with Crippen LogP contribution >= 0.6 is 11.8 Å². The molecule has 4 nitrogen and oxygen atoms in total. The van der Waals surface area contributed by atoms with E-state index in [4.69, 9.17) is 0 Å². The Labute approximate surface area is 154 Å². The van der Waals surface area contributed by atoms with Crippen LogP contribution in [0.25, 0.3) is 0 Å². The van der Waals surface area contributed by atoms with E-state index in [0.717, 1.165) is 40.4 Å². The molecular weight excluding hydrogens is 354 g/mol. The van der Waals surface area contributed by atoms with Crippen LogP contribution in [-0.2, 0) is 16.5 Å². The van der Waals surface area contributed by atoms with Crippen LogP contribution in [0, 0.1) is 0 Å². The van der Waals surface area contributed by atoms with Gasteiger partial charge < -0.3 is 4.90 Å². The van der Waals surface area contributed by atoms with Gasteiger partial charge in [0, 0.05) is 9.79 Å². The summed E-state index contributed by atoms with van der Waals surface area (Å²) >= 11 is 1.64. The van der Waals surface area contributed by atoms with Crippen LogP contribution in [0.2, 0.25) is 0 Å². The highest BCUT2D eigenvalue weighted by molar-refractivity contribution is 7.99. The molecule has 134 valence electrons. The summed E-state index contributed by atoms with van der Waals surface area (Å²) in [5.74, 6) is 0. The van der Waals surface area contributed by atoms with Crippen molar-refractivity contribution in [2.75, 3.05) is 4.90 Å². The smallest absolute Gasteiger partial charge is 0.286 e. The summed E-state index contributed by atoms with van der Waals surface area (Å²) in [6.45, 7) is 3.94. The van der Waals surface area contributed by atoms with Gasteiger partial charge in [-0.25, -0.2) is 0 Å². The van der Waals surface area contributed by atoms with Crippen molar-refractivity contribution in [1.29, 1.82) is 0 Å². The maximum atomic E-state index is 12.0. The third-order valence-electron chi connectivity index (χ3n) is 4.43. The number of para-hydroxylation sites is 1. The fraction of sp³-hybridized carbons (Fsp3) is 0.368. The third kappa shape index (κ3) is 3.71. The Bertz CT molecular complexity index is 865. The summed E-state index contributed by atoms with van der Waals surface area (Å²) < 4.78 is 33.9. The monoisotopic (exact) mass is 377 g/mol. The molecule has 0 saturated carbocycles. The SMILES string of the molecule is CCCCc1ccc2c(c1)N(C(CC)S(=O)(=O)O)c1ccccc1S2. The molecule has 0 radical (unpaired) electrons. The largest absolute Gasteiger partial charge is 0.320 e. The topological polar surface area (TPSA) is 57.6 Å². The van der Waals surface area contributed by atoms with Gasteiger partial charge in [-0.05, 0) is 49.1 Å². The number of anilines is 2. The lowest BCUT2D eigenvalue weighted by molar-refractivity contribution is 0.464. The van der Waals surface area contributed by atoms with Crippen molar-refractivity contribution >= 4 is 33.3 Å². The molecule has 3 rings (SSSR count). The van der Waals surface area contributed by atoms with E-state index in [2.05, 4.69) is 25.1 Å². The number of hydrogen-bond acceptors (Lipinski definition) is 4. The Morgan fingerprint density at radius 2 is 1.80 bits per heavy atom. The number of aryl methyl sites for hydroxylation is 1. The molecule has 0 aliphatic carbocycles. The van der Waals surface area contributed by atoms with E-state index < -0.39 is 15.5 Å². The molecule has 0 fully saturated rings. The van der Waals surface area contributed by atoms with E-state index in [0.29, 0.717) is 6.42 Å². The van der Waals surface area contributed by atoms with E-state index in [1.165, 1.54) is 5.56 Å². The molecule has 2 aromatic carbocycles. The molecule has 0 spiro atoms. The Kier molecular flexibility index (Phi) is 5.41. The van der Waals surface area contributed by atoms with Crippen molar-refractivity contribution in [2.24, 2.45) is 0 Å². The molecule has 25 heavy (non-hydrogen) atoms. The van der Waals surface area contributed by atoms with Crippen molar-refractivity contribution in [3.8, 4) is 0 Å². The van der Waals surface area contributed by atoms with Crippen LogP contribution < -0.4 is 4.90 Å². The minimum Gasteiger partial charge on any atom is -0.320 e. The molecule has 2 aromatic rings. The zero-order chi connectivity index (χ0) is 18.0. The van der Waals surface area contributed by atoms with E-state index in [1.54, 1.807) is 23.6 Å². The fourth-order valence-corrected chi connectivity index (χ4v) is 5.17. The first-order valence-corrected chi connectivity index (χ1v) is 10.9. The molecule has 0 amide bonds. The number of hydrogen-bond donors (Lipinski definition) is 1. The zero-order valence-electron chi connectivity index (χ0n) is 14.5. The van der Waals surface area contributed by atoms with Crippen LogP contribution in [0.3, 0.4) is 0 Å². The summed E-state index contributed by atoms with van der Waals surface area (Å²) in [7, 11) is -4.21. The Morgan fingerprint density at radius 3 is 2.48 bits per heavy atom. The zero-order valence-corrected chi connectivity index (χ0v) is 16.1. The number of nitrogens with zero attached hydrogens (tertiary/aromatic N) is 1. The Hall–Kier alpha value is -1.50. The standard InChI is InChI=1S/C19H23NO3S2/c1-3-5-8-14-11-12-18-16(13-14)20(19(4-2)25(21,22)23)15-9-6-7-10-17(15)24-18/h6-7,9-13,19H,3-5,8H2,1-2H3,(H,21,22,23). The summed E-state index contributed by atoms with van der Waals surface area (Å²) in [6.07, 6.45) is 3.47. The molecule has 1 atom stereocenters. The predicted octanol–water partition coefficient (Wildman–Crippen LogP) is 5.26. The van der Waals surface area contributed by atoms with Crippen LogP contribution in [0.4, 0.5) is 11.4 Å². The highest BCUT2D eigenvalue weighted by Crippen LogP contribution is 2.50. The van der Waals surface area contributed by atoms with Gasteiger partial charge in [0.2, 0.25) is 0 Å². The number of fused-ring (bicyclic) bond motifs is 2. The van der Waals surface area contributed by atoms with Crippen molar-refractivity contribution in [3.05, 3.63) is 48.0 Å². The van der Waals surface area contributed by atoms with E-state index in [1.807, 2.05) is 24.3 Å². The molecule has 1 heterocycles. The summed E-state index contributed by atoms with van der Waals surface area (Å²) in [4.78, 5) is 3.80. The minimum absolute atomic E-state index is 0.302. The molecule has 1 unspecified atom stereocenters. The average Bonchev–Trinajstić information content (AvgIpc) is 2.59. The van der Waals surface area contributed by atoms with E-state index >= 15 is 0 Å². The molecule has 0 bridgehead atoms. The second kappa shape index (κ2) is 7.40. The summed E-state index contributed by atoms with van der Waals surface area (Å²) in [5, 5.41) is -0.991.